The first kappa shape index (κ1) is 21.8. The highest BCUT2D eigenvalue weighted by Crippen LogP contribution is 2.31. The van der Waals surface area contributed by atoms with Gasteiger partial charge in [0.15, 0.2) is 0 Å². The lowest BCUT2D eigenvalue weighted by Gasteiger charge is -2.16. The maximum absolute atomic E-state index is 6.26. The molecule has 0 bridgehead atoms. The van der Waals surface area contributed by atoms with Crippen molar-refractivity contribution >= 4 is 10.9 Å². The lowest BCUT2D eigenvalue weighted by atomic mass is 10.1. The van der Waals surface area contributed by atoms with Crippen LogP contribution < -0.4 is 9.47 Å². The van der Waals surface area contributed by atoms with Crippen molar-refractivity contribution in [2.75, 3.05) is 13.2 Å². The summed E-state index contributed by atoms with van der Waals surface area (Å²) in [7, 11) is 0. The van der Waals surface area contributed by atoms with E-state index in [0.717, 1.165) is 52.1 Å². The SMILES string of the molecule is Cc1c(COCCCCOc2cccnc2)nc2ccccc2c1OCc1ccccc1. The van der Waals surface area contributed by atoms with Crippen molar-refractivity contribution in [3.8, 4) is 11.5 Å². The van der Waals surface area contributed by atoms with Crippen molar-refractivity contribution in [2.24, 2.45) is 0 Å². The highest BCUT2D eigenvalue weighted by atomic mass is 16.5. The average molecular weight is 429 g/mol. The van der Waals surface area contributed by atoms with Gasteiger partial charge in [0.25, 0.3) is 0 Å². The van der Waals surface area contributed by atoms with E-state index in [-0.39, 0.29) is 0 Å². The molecule has 2 aromatic heterocycles. The lowest BCUT2D eigenvalue weighted by molar-refractivity contribution is 0.111. The molecular weight excluding hydrogens is 400 g/mol. The van der Waals surface area contributed by atoms with Gasteiger partial charge < -0.3 is 14.2 Å². The number of unbranched alkanes of at least 4 members (excludes halogenated alkanes) is 1. The first-order valence-corrected chi connectivity index (χ1v) is 11.0. The monoisotopic (exact) mass is 428 g/mol. The summed E-state index contributed by atoms with van der Waals surface area (Å²) >= 11 is 0. The zero-order valence-corrected chi connectivity index (χ0v) is 18.4. The second kappa shape index (κ2) is 11.3. The van der Waals surface area contributed by atoms with E-state index < -0.39 is 0 Å². The second-order valence-corrected chi connectivity index (χ2v) is 7.60. The van der Waals surface area contributed by atoms with E-state index in [0.29, 0.717) is 26.4 Å². The summed E-state index contributed by atoms with van der Waals surface area (Å²) in [6.07, 6.45) is 5.30. The quantitative estimate of drug-likeness (QED) is 0.279. The van der Waals surface area contributed by atoms with Crippen LogP contribution >= 0.6 is 0 Å². The lowest BCUT2D eigenvalue weighted by Crippen LogP contribution is -2.06. The molecule has 0 atom stereocenters. The van der Waals surface area contributed by atoms with E-state index in [9.17, 15) is 0 Å². The first-order valence-electron chi connectivity index (χ1n) is 11.0. The van der Waals surface area contributed by atoms with Crippen LogP contribution in [0.25, 0.3) is 10.9 Å². The van der Waals surface area contributed by atoms with Gasteiger partial charge in [0, 0.05) is 23.8 Å². The van der Waals surface area contributed by atoms with Crippen molar-refractivity contribution < 1.29 is 14.2 Å². The third kappa shape index (κ3) is 5.83. The highest BCUT2D eigenvalue weighted by Gasteiger charge is 2.13. The summed E-state index contributed by atoms with van der Waals surface area (Å²) in [5, 5.41) is 1.03. The van der Waals surface area contributed by atoms with Gasteiger partial charge in [-0.05, 0) is 49.6 Å². The Morgan fingerprint density at radius 1 is 0.781 bits per heavy atom. The van der Waals surface area contributed by atoms with Gasteiger partial charge in [-0.2, -0.15) is 0 Å². The number of fused-ring (bicyclic) bond motifs is 1. The van der Waals surface area contributed by atoms with E-state index >= 15 is 0 Å². The van der Waals surface area contributed by atoms with Crippen LogP contribution in [0.2, 0.25) is 0 Å². The third-order valence-electron chi connectivity index (χ3n) is 5.23. The molecule has 0 saturated heterocycles. The Balaban J connectivity index is 1.33. The van der Waals surface area contributed by atoms with Crippen LogP contribution in [0.1, 0.15) is 29.7 Å². The molecule has 0 radical (unpaired) electrons. The maximum atomic E-state index is 6.26. The van der Waals surface area contributed by atoms with Gasteiger partial charge in [-0.25, -0.2) is 4.98 Å². The minimum atomic E-state index is 0.460. The van der Waals surface area contributed by atoms with Gasteiger partial charge in [-0.15, -0.1) is 0 Å². The molecule has 2 heterocycles. The number of hydrogen-bond acceptors (Lipinski definition) is 5. The molecule has 0 saturated carbocycles. The number of aromatic nitrogens is 2. The Morgan fingerprint density at radius 2 is 1.59 bits per heavy atom. The smallest absolute Gasteiger partial charge is 0.137 e. The van der Waals surface area contributed by atoms with Crippen molar-refractivity contribution in [2.45, 2.75) is 33.0 Å². The molecule has 0 aliphatic carbocycles. The molecule has 0 fully saturated rings. The van der Waals surface area contributed by atoms with Gasteiger partial charge in [0.05, 0.1) is 30.6 Å². The van der Waals surface area contributed by atoms with Crippen LogP contribution in [-0.4, -0.2) is 23.2 Å². The molecule has 164 valence electrons. The van der Waals surface area contributed by atoms with E-state index in [4.69, 9.17) is 19.2 Å². The molecule has 0 aliphatic heterocycles. The van der Waals surface area contributed by atoms with Crippen LogP contribution in [0.4, 0.5) is 0 Å². The number of rotatable bonds is 11. The predicted molar refractivity (Wildman–Crippen MR) is 126 cm³/mol. The number of nitrogens with zero attached hydrogens (tertiary/aromatic N) is 2. The normalized spacial score (nSPS) is 10.9. The largest absolute Gasteiger partial charge is 0.492 e. The van der Waals surface area contributed by atoms with Gasteiger partial charge in [-0.3, -0.25) is 4.98 Å². The van der Waals surface area contributed by atoms with Crippen LogP contribution in [0, 0.1) is 6.92 Å². The first-order chi connectivity index (χ1) is 15.8. The number of ether oxygens (including phenoxy) is 3. The number of para-hydroxylation sites is 1. The summed E-state index contributed by atoms with van der Waals surface area (Å²) in [5.41, 5.74) is 4.00. The Hall–Kier alpha value is -3.44. The van der Waals surface area contributed by atoms with E-state index in [1.54, 1.807) is 12.4 Å². The minimum absolute atomic E-state index is 0.460. The van der Waals surface area contributed by atoms with E-state index in [1.807, 2.05) is 48.5 Å². The maximum Gasteiger partial charge on any atom is 0.137 e. The van der Waals surface area contributed by atoms with E-state index in [2.05, 4.69) is 30.1 Å². The van der Waals surface area contributed by atoms with Gasteiger partial charge >= 0.3 is 0 Å². The molecule has 5 heteroatoms. The van der Waals surface area contributed by atoms with Crippen LogP contribution in [0.3, 0.4) is 0 Å². The summed E-state index contributed by atoms with van der Waals surface area (Å²) in [4.78, 5) is 8.87. The minimum Gasteiger partial charge on any atom is -0.492 e. The summed E-state index contributed by atoms with van der Waals surface area (Å²) in [5.74, 6) is 1.68. The molecule has 0 spiro atoms. The Labute approximate surface area is 189 Å². The molecule has 0 N–H and O–H groups in total. The molecule has 0 amide bonds. The van der Waals surface area contributed by atoms with Crippen LogP contribution in [0.5, 0.6) is 11.5 Å². The molecule has 4 rings (SSSR count). The predicted octanol–water partition coefficient (Wildman–Crippen LogP) is 5.89. The summed E-state index contributed by atoms with van der Waals surface area (Å²) in [6, 6.07) is 22.1. The Kier molecular flexibility index (Phi) is 7.66. The molecule has 5 nitrogen and oxygen atoms in total. The van der Waals surface area contributed by atoms with Gasteiger partial charge in [0.2, 0.25) is 0 Å². The summed E-state index contributed by atoms with van der Waals surface area (Å²) in [6.45, 7) is 4.35. The second-order valence-electron chi connectivity index (χ2n) is 7.60. The fraction of sp³-hybridized carbons (Fsp3) is 0.259. The average Bonchev–Trinajstić information content (AvgIpc) is 2.84. The zero-order chi connectivity index (χ0) is 22.0. The van der Waals surface area contributed by atoms with E-state index in [1.165, 1.54) is 0 Å². The highest BCUT2D eigenvalue weighted by molar-refractivity contribution is 5.86. The third-order valence-corrected chi connectivity index (χ3v) is 5.23. The molecule has 4 aromatic rings. The number of benzene rings is 2. The van der Waals surface area contributed by atoms with Crippen molar-refractivity contribution in [3.63, 3.8) is 0 Å². The van der Waals surface area contributed by atoms with Crippen molar-refractivity contribution in [3.05, 3.63) is 95.9 Å². The van der Waals surface area contributed by atoms with Crippen molar-refractivity contribution in [1.82, 2.24) is 9.97 Å². The summed E-state index contributed by atoms with van der Waals surface area (Å²) < 4.78 is 17.9. The van der Waals surface area contributed by atoms with Gasteiger partial charge in [0.1, 0.15) is 18.1 Å². The Bertz CT molecular complexity index is 1120. The Morgan fingerprint density at radius 3 is 2.44 bits per heavy atom. The molecule has 32 heavy (non-hydrogen) atoms. The van der Waals surface area contributed by atoms with Crippen LogP contribution in [-0.2, 0) is 18.0 Å². The van der Waals surface area contributed by atoms with Crippen LogP contribution in [0.15, 0.2) is 79.1 Å². The molecular formula is C27H28N2O3. The zero-order valence-electron chi connectivity index (χ0n) is 18.4. The molecule has 2 aromatic carbocycles. The van der Waals surface area contributed by atoms with Crippen molar-refractivity contribution in [1.29, 1.82) is 0 Å². The standard InChI is InChI=1S/C27H28N2O3/c1-21-26(20-30-16-7-8-17-31-23-12-9-15-28-18-23)29-25-14-6-5-13-24(25)27(21)32-19-22-10-3-2-4-11-22/h2-6,9-15,18H,7-8,16-17,19-20H2,1H3. The van der Waals surface area contributed by atoms with Gasteiger partial charge in [-0.1, -0.05) is 42.5 Å². The molecule has 0 unspecified atom stereocenters. The molecule has 0 aliphatic rings. The number of pyridine rings is 2. The number of hydrogen-bond donors (Lipinski definition) is 0. The fourth-order valence-electron chi connectivity index (χ4n) is 3.48. The topological polar surface area (TPSA) is 53.5 Å². The fourth-order valence-corrected chi connectivity index (χ4v) is 3.48.